The van der Waals surface area contributed by atoms with E-state index < -0.39 is 10.0 Å². The van der Waals surface area contributed by atoms with Gasteiger partial charge in [0.25, 0.3) is 0 Å². The van der Waals surface area contributed by atoms with E-state index in [4.69, 9.17) is 0 Å². The van der Waals surface area contributed by atoms with E-state index >= 15 is 0 Å². The SMILES string of the molecule is CN(C1CCN(C(=O)Cc2csc(-c3cccc(Br)c3)n2)CC1)S(C)(=O)=O. The molecular formula is C18H22BrN3O3S2. The van der Waals surface area contributed by atoms with Crippen molar-refractivity contribution in [3.05, 3.63) is 39.8 Å². The summed E-state index contributed by atoms with van der Waals surface area (Å²) in [5.74, 6) is 0.0431. The first kappa shape index (κ1) is 20.4. The lowest BCUT2D eigenvalue weighted by molar-refractivity contribution is -0.131. The number of carbonyl (C=O) groups excluding carboxylic acids is 1. The predicted molar refractivity (Wildman–Crippen MR) is 111 cm³/mol. The summed E-state index contributed by atoms with van der Waals surface area (Å²) in [5, 5.41) is 2.82. The van der Waals surface area contributed by atoms with Crippen LogP contribution in [0.3, 0.4) is 0 Å². The van der Waals surface area contributed by atoms with Crippen LogP contribution in [0.15, 0.2) is 34.1 Å². The molecule has 1 aromatic heterocycles. The van der Waals surface area contributed by atoms with Gasteiger partial charge in [0.1, 0.15) is 5.01 Å². The number of hydrogen-bond acceptors (Lipinski definition) is 5. The molecule has 1 aliphatic rings. The minimum atomic E-state index is -3.20. The zero-order chi connectivity index (χ0) is 19.6. The fourth-order valence-corrected chi connectivity index (χ4v) is 5.13. The molecule has 6 nitrogen and oxygen atoms in total. The van der Waals surface area contributed by atoms with Gasteiger partial charge in [0.05, 0.1) is 18.4 Å². The Morgan fingerprint density at radius 1 is 1.37 bits per heavy atom. The monoisotopic (exact) mass is 471 g/mol. The highest BCUT2D eigenvalue weighted by molar-refractivity contribution is 9.10. The summed E-state index contributed by atoms with van der Waals surface area (Å²) < 4.78 is 25.7. The summed E-state index contributed by atoms with van der Waals surface area (Å²) >= 11 is 4.99. The van der Waals surface area contributed by atoms with Gasteiger partial charge >= 0.3 is 0 Å². The second-order valence-corrected chi connectivity index (χ2v) is 10.5. The highest BCUT2D eigenvalue weighted by atomic mass is 79.9. The second kappa shape index (κ2) is 8.38. The smallest absolute Gasteiger partial charge is 0.228 e. The molecule has 0 spiro atoms. The Balaban J connectivity index is 1.58. The molecule has 0 saturated carbocycles. The number of rotatable bonds is 5. The van der Waals surface area contributed by atoms with Gasteiger partial charge in [-0.1, -0.05) is 28.1 Å². The number of amides is 1. The zero-order valence-electron chi connectivity index (χ0n) is 15.3. The molecule has 0 N–H and O–H groups in total. The number of piperidine rings is 1. The Morgan fingerprint density at radius 3 is 2.70 bits per heavy atom. The van der Waals surface area contributed by atoms with Crippen molar-refractivity contribution in [3.63, 3.8) is 0 Å². The Kier molecular flexibility index (Phi) is 6.35. The van der Waals surface area contributed by atoms with Gasteiger partial charge in [0.15, 0.2) is 0 Å². The van der Waals surface area contributed by atoms with E-state index in [0.29, 0.717) is 25.9 Å². The lowest BCUT2D eigenvalue weighted by atomic mass is 10.0. The van der Waals surface area contributed by atoms with E-state index in [1.54, 1.807) is 7.05 Å². The van der Waals surface area contributed by atoms with Crippen molar-refractivity contribution in [1.82, 2.24) is 14.2 Å². The largest absolute Gasteiger partial charge is 0.342 e. The van der Waals surface area contributed by atoms with Crippen molar-refractivity contribution >= 4 is 43.2 Å². The fraction of sp³-hybridized carbons (Fsp3) is 0.444. The van der Waals surface area contributed by atoms with Gasteiger partial charge in [0.2, 0.25) is 15.9 Å². The number of nitrogens with zero attached hydrogens (tertiary/aromatic N) is 3. The maximum absolute atomic E-state index is 12.6. The summed E-state index contributed by atoms with van der Waals surface area (Å²) in [7, 11) is -1.59. The lowest BCUT2D eigenvalue weighted by Gasteiger charge is -2.35. The van der Waals surface area contributed by atoms with Crippen molar-refractivity contribution in [2.45, 2.75) is 25.3 Å². The Morgan fingerprint density at radius 2 is 2.07 bits per heavy atom. The molecule has 1 aromatic carbocycles. The van der Waals surface area contributed by atoms with Gasteiger partial charge in [-0.3, -0.25) is 4.79 Å². The quantitative estimate of drug-likeness (QED) is 0.671. The molecule has 3 rings (SSSR count). The number of hydrogen-bond donors (Lipinski definition) is 0. The van der Waals surface area contributed by atoms with Crippen LogP contribution in [-0.4, -0.2) is 60.9 Å². The molecule has 1 aliphatic heterocycles. The van der Waals surface area contributed by atoms with Crippen molar-refractivity contribution in [3.8, 4) is 10.6 Å². The van der Waals surface area contributed by atoms with Crippen molar-refractivity contribution in [2.75, 3.05) is 26.4 Å². The third-order valence-corrected chi connectivity index (χ3v) is 7.59. The van der Waals surface area contributed by atoms with Crippen molar-refractivity contribution < 1.29 is 13.2 Å². The highest BCUT2D eigenvalue weighted by Gasteiger charge is 2.29. The number of thiazole rings is 1. The standard InChI is InChI=1S/C18H22BrN3O3S2/c1-21(27(2,24)25)16-6-8-22(9-7-16)17(23)11-15-12-26-18(20-15)13-4-3-5-14(19)10-13/h3-5,10,12,16H,6-9,11H2,1-2H3. The maximum atomic E-state index is 12.6. The van der Waals surface area contributed by atoms with E-state index in [1.807, 2.05) is 34.5 Å². The average Bonchev–Trinajstić information content (AvgIpc) is 3.09. The topological polar surface area (TPSA) is 70.6 Å². The number of benzene rings is 1. The first-order valence-corrected chi connectivity index (χ1v) is 12.2. The molecule has 0 radical (unpaired) electrons. The van der Waals surface area contributed by atoms with Gasteiger partial charge in [-0.15, -0.1) is 11.3 Å². The van der Waals surface area contributed by atoms with E-state index in [2.05, 4.69) is 20.9 Å². The summed E-state index contributed by atoms with van der Waals surface area (Å²) in [4.78, 5) is 19.0. The molecular weight excluding hydrogens is 450 g/mol. The van der Waals surface area contributed by atoms with Crippen LogP contribution >= 0.6 is 27.3 Å². The van der Waals surface area contributed by atoms with E-state index in [9.17, 15) is 13.2 Å². The summed E-state index contributed by atoms with van der Waals surface area (Å²) in [6.45, 7) is 1.15. The van der Waals surface area contributed by atoms with Gasteiger partial charge in [-0.05, 0) is 25.0 Å². The molecule has 0 atom stereocenters. The summed E-state index contributed by atoms with van der Waals surface area (Å²) in [5.41, 5.74) is 1.80. The third-order valence-electron chi connectivity index (χ3n) is 4.81. The maximum Gasteiger partial charge on any atom is 0.228 e. The number of sulfonamides is 1. The van der Waals surface area contributed by atoms with Crippen LogP contribution < -0.4 is 0 Å². The number of aromatic nitrogens is 1. The molecule has 27 heavy (non-hydrogen) atoms. The first-order chi connectivity index (χ1) is 12.7. The van der Waals surface area contributed by atoms with Crippen molar-refractivity contribution in [1.29, 1.82) is 0 Å². The lowest BCUT2D eigenvalue weighted by Crippen LogP contribution is -2.47. The Hall–Kier alpha value is -1.29. The molecule has 2 aromatic rings. The Bertz CT molecular complexity index is 921. The van der Waals surface area contributed by atoms with Gasteiger partial charge < -0.3 is 4.90 Å². The third kappa shape index (κ3) is 5.16. The van der Waals surface area contributed by atoms with E-state index in [-0.39, 0.29) is 18.4 Å². The van der Waals surface area contributed by atoms with Gasteiger partial charge in [-0.25, -0.2) is 17.7 Å². The van der Waals surface area contributed by atoms with E-state index in [1.165, 1.54) is 21.9 Å². The molecule has 9 heteroatoms. The minimum absolute atomic E-state index is 0.0357. The van der Waals surface area contributed by atoms with Crippen LogP contribution in [-0.2, 0) is 21.2 Å². The van der Waals surface area contributed by atoms with Crippen LogP contribution in [0.2, 0.25) is 0 Å². The summed E-state index contributed by atoms with van der Waals surface area (Å²) in [6, 6.07) is 7.90. The summed E-state index contributed by atoms with van der Waals surface area (Å²) in [6.07, 6.45) is 2.82. The fourth-order valence-electron chi connectivity index (χ4n) is 3.16. The van der Waals surface area contributed by atoms with Crippen LogP contribution in [0.5, 0.6) is 0 Å². The van der Waals surface area contributed by atoms with Crippen LogP contribution in [0.25, 0.3) is 10.6 Å². The predicted octanol–water partition coefficient (Wildman–Crippen LogP) is 3.00. The van der Waals surface area contributed by atoms with E-state index in [0.717, 1.165) is 20.7 Å². The number of likely N-dealkylation sites (tertiary alicyclic amines) is 1. The molecule has 0 bridgehead atoms. The normalized spacial score (nSPS) is 16.1. The molecule has 1 fully saturated rings. The van der Waals surface area contributed by atoms with Gasteiger partial charge in [0, 0.05) is 41.6 Å². The zero-order valence-corrected chi connectivity index (χ0v) is 18.5. The molecule has 0 unspecified atom stereocenters. The van der Waals surface area contributed by atoms with Crippen molar-refractivity contribution in [2.24, 2.45) is 0 Å². The molecule has 0 aliphatic carbocycles. The highest BCUT2D eigenvalue weighted by Crippen LogP contribution is 2.27. The average molecular weight is 472 g/mol. The minimum Gasteiger partial charge on any atom is -0.342 e. The molecule has 1 saturated heterocycles. The molecule has 1 amide bonds. The molecule has 2 heterocycles. The van der Waals surface area contributed by atoms with Gasteiger partial charge in [-0.2, -0.15) is 0 Å². The Labute approximate surface area is 172 Å². The first-order valence-electron chi connectivity index (χ1n) is 8.65. The van der Waals surface area contributed by atoms with Crippen LogP contribution in [0.4, 0.5) is 0 Å². The number of carbonyl (C=O) groups is 1. The number of halogens is 1. The second-order valence-electron chi connectivity index (χ2n) is 6.72. The van der Waals surface area contributed by atoms with Crippen LogP contribution in [0, 0.1) is 0 Å². The van der Waals surface area contributed by atoms with Crippen LogP contribution in [0.1, 0.15) is 18.5 Å². The molecule has 146 valence electrons.